The average Bonchev–Trinajstić information content (AvgIpc) is 2.96. The highest BCUT2D eigenvalue weighted by molar-refractivity contribution is 5.91. The summed E-state index contributed by atoms with van der Waals surface area (Å²) in [6, 6.07) is 26.1. The SMILES string of the molecule is COCc1ccccc1NC(=O)N1CCN(C(CC2CC(c3ccccc3C)C2)=NC#N)CC1c1ccccc1. The molecule has 7 heteroatoms. The minimum absolute atomic E-state index is 0.143. The monoisotopic (exact) mass is 535 g/mol. The number of nitrogens with zero attached hydrogens (tertiary/aromatic N) is 4. The van der Waals surface area contributed by atoms with E-state index in [0.29, 0.717) is 38.1 Å². The third-order valence-corrected chi connectivity index (χ3v) is 8.26. The first-order chi connectivity index (χ1) is 19.6. The number of rotatable bonds is 7. The Kier molecular flexibility index (Phi) is 8.78. The van der Waals surface area contributed by atoms with Crippen LogP contribution < -0.4 is 5.32 Å². The van der Waals surface area contributed by atoms with E-state index >= 15 is 0 Å². The van der Waals surface area contributed by atoms with Gasteiger partial charge in [-0.05, 0) is 54.4 Å². The summed E-state index contributed by atoms with van der Waals surface area (Å²) in [5, 5.41) is 12.7. The number of urea groups is 1. The molecule has 0 bridgehead atoms. The predicted octanol–water partition coefficient (Wildman–Crippen LogP) is 6.50. The van der Waals surface area contributed by atoms with E-state index in [4.69, 9.17) is 4.74 Å². The Labute approximate surface area is 237 Å². The van der Waals surface area contributed by atoms with E-state index in [1.54, 1.807) is 7.11 Å². The second-order valence-electron chi connectivity index (χ2n) is 10.8. The predicted molar refractivity (Wildman–Crippen MR) is 158 cm³/mol. The molecule has 5 rings (SSSR count). The van der Waals surface area contributed by atoms with Gasteiger partial charge in [0, 0.05) is 44.4 Å². The molecular weight excluding hydrogens is 498 g/mol. The molecule has 1 unspecified atom stereocenters. The van der Waals surface area contributed by atoms with Crippen LogP contribution in [0.25, 0.3) is 0 Å². The summed E-state index contributed by atoms with van der Waals surface area (Å²) in [7, 11) is 1.65. The fraction of sp³-hybridized carbons (Fsp3) is 0.364. The highest BCUT2D eigenvalue weighted by atomic mass is 16.5. The molecule has 1 aliphatic carbocycles. The minimum Gasteiger partial charge on any atom is -0.380 e. The van der Waals surface area contributed by atoms with Crippen molar-refractivity contribution in [2.45, 2.75) is 44.8 Å². The van der Waals surface area contributed by atoms with Crippen molar-refractivity contribution in [2.75, 3.05) is 32.1 Å². The number of piperazine rings is 1. The van der Waals surface area contributed by atoms with Crippen molar-refractivity contribution in [1.82, 2.24) is 9.80 Å². The zero-order valence-electron chi connectivity index (χ0n) is 23.3. The van der Waals surface area contributed by atoms with Crippen molar-refractivity contribution < 1.29 is 9.53 Å². The molecule has 1 saturated heterocycles. The molecule has 7 nitrogen and oxygen atoms in total. The molecule has 3 aromatic rings. The lowest BCUT2D eigenvalue weighted by Gasteiger charge is -2.44. The Morgan fingerprint density at radius 2 is 1.75 bits per heavy atom. The zero-order chi connectivity index (χ0) is 27.9. The molecule has 0 radical (unpaired) electrons. The normalized spacial score (nSPS) is 20.9. The first-order valence-corrected chi connectivity index (χ1v) is 14.0. The van der Waals surface area contributed by atoms with Crippen LogP contribution in [-0.2, 0) is 11.3 Å². The highest BCUT2D eigenvalue weighted by Gasteiger charge is 2.36. The topological polar surface area (TPSA) is 81.0 Å². The number of anilines is 1. The first kappa shape index (κ1) is 27.4. The number of hydrogen-bond donors (Lipinski definition) is 1. The number of carbonyl (C=O) groups excluding carboxylic acids is 1. The van der Waals surface area contributed by atoms with Gasteiger partial charge in [-0.3, -0.25) is 0 Å². The lowest BCUT2D eigenvalue weighted by molar-refractivity contribution is 0.133. The van der Waals surface area contributed by atoms with Gasteiger partial charge in [0.15, 0.2) is 0 Å². The second kappa shape index (κ2) is 12.8. The number of hydrogen-bond acceptors (Lipinski definition) is 4. The molecule has 3 aromatic carbocycles. The van der Waals surface area contributed by atoms with Crippen molar-refractivity contribution in [3.8, 4) is 6.19 Å². The molecule has 1 N–H and O–H groups in total. The van der Waals surface area contributed by atoms with E-state index < -0.39 is 0 Å². The van der Waals surface area contributed by atoms with E-state index in [2.05, 4.69) is 64.7 Å². The number of aryl methyl sites for hydroxylation is 1. The third kappa shape index (κ3) is 6.19. The standard InChI is InChI=1S/C33H37N5O2/c1-24-10-6-8-14-29(24)28-18-25(19-28)20-32(35-23-34)37-16-17-38(31(21-37)26-11-4-3-5-12-26)33(39)36-30-15-9-7-13-27(30)22-40-2/h3-15,25,28,31H,16-22H2,1-2H3,(H,36,39). The summed E-state index contributed by atoms with van der Waals surface area (Å²) < 4.78 is 5.32. The molecule has 1 heterocycles. The van der Waals surface area contributed by atoms with Gasteiger partial charge < -0.3 is 19.9 Å². The molecule has 1 atom stereocenters. The maximum absolute atomic E-state index is 13.6. The van der Waals surface area contributed by atoms with Gasteiger partial charge in [-0.25, -0.2) is 4.79 Å². The summed E-state index contributed by atoms with van der Waals surface area (Å²) in [4.78, 5) is 22.0. The number of methoxy groups -OCH3 is 1. The van der Waals surface area contributed by atoms with Gasteiger partial charge >= 0.3 is 6.03 Å². The van der Waals surface area contributed by atoms with Crippen molar-refractivity contribution >= 4 is 17.6 Å². The molecular formula is C33H37N5O2. The fourth-order valence-corrected chi connectivity index (χ4v) is 6.09. The number of carbonyl (C=O) groups is 1. The Balaban J connectivity index is 1.30. The largest absolute Gasteiger partial charge is 0.380 e. The maximum Gasteiger partial charge on any atom is 0.322 e. The van der Waals surface area contributed by atoms with E-state index in [1.807, 2.05) is 47.4 Å². The van der Waals surface area contributed by atoms with Crippen LogP contribution in [0, 0.1) is 24.3 Å². The summed E-state index contributed by atoms with van der Waals surface area (Å²) in [6.07, 6.45) is 5.06. The molecule has 0 aromatic heterocycles. The van der Waals surface area contributed by atoms with Crippen LogP contribution in [0.5, 0.6) is 0 Å². The van der Waals surface area contributed by atoms with Crippen molar-refractivity contribution in [3.05, 3.63) is 101 Å². The average molecular weight is 536 g/mol. The van der Waals surface area contributed by atoms with Crippen molar-refractivity contribution in [2.24, 2.45) is 10.9 Å². The number of amides is 2. The summed E-state index contributed by atoms with van der Waals surface area (Å²) in [5.74, 6) is 1.92. The highest BCUT2D eigenvalue weighted by Crippen LogP contribution is 2.44. The summed E-state index contributed by atoms with van der Waals surface area (Å²) in [5.41, 5.74) is 5.53. The third-order valence-electron chi connectivity index (χ3n) is 8.26. The molecule has 2 fully saturated rings. The molecule has 1 saturated carbocycles. The first-order valence-electron chi connectivity index (χ1n) is 14.0. The number of amidine groups is 1. The number of nitriles is 1. The van der Waals surface area contributed by atoms with Gasteiger partial charge in [-0.2, -0.15) is 10.3 Å². The van der Waals surface area contributed by atoms with E-state index in [0.717, 1.165) is 41.9 Å². The number of nitrogens with one attached hydrogen (secondary N) is 1. The van der Waals surface area contributed by atoms with Crippen LogP contribution in [0.3, 0.4) is 0 Å². The number of aliphatic imine (C=N–C) groups is 1. The summed E-state index contributed by atoms with van der Waals surface area (Å²) >= 11 is 0. The molecule has 2 aliphatic rings. The number of ether oxygens (including phenoxy) is 1. The Morgan fingerprint density at radius 3 is 2.50 bits per heavy atom. The van der Waals surface area contributed by atoms with Gasteiger partial charge in [0.2, 0.25) is 6.19 Å². The van der Waals surface area contributed by atoms with Gasteiger partial charge in [0.05, 0.1) is 12.6 Å². The molecule has 2 amide bonds. The molecule has 1 aliphatic heterocycles. The van der Waals surface area contributed by atoms with E-state index in [-0.39, 0.29) is 12.1 Å². The van der Waals surface area contributed by atoms with Crippen LogP contribution in [0.1, 0.15) is 53.5 Å². The van der Waals surface area contributed by atoms with Crippen LogP contribution in [-0.4, -0.2) is 48.4 Å². The van der Waals surface area contributed by atoms with Gasteiger partial charge in [-0.15, -0.1) is 0 Å². The van der Waals surface area contributed by atoms with Gasteiger partial charge in [0.25, 0.3) is 0 Å². The van der Waals surface area contributed by atoms with Crippen LogP contribution in [0.4, 0.5) is 10.5 Å². The maximum atomic E-state index is 13.6. The van der Waals surface area contributed by atoms with Gasteiger partial charge in [0.1, 0.15) is 5.84 Å². The van der Waals surface area contributed by atoms with Crippen LogP contribution >= 0.6 is 0 Å². The fourth-order valence-electron chi connectivity index (χ4n) is 6.09. The zero-order valence-corrected chi connectivity index (χ0v) is 23.3. The van der Waals surface area contributed by atoms with Crippen LogP contribution in [0.15, 0.2) is 83.9 Å². The van der Waals surface area contributed by atoms with E-state index in [1.165, 1.54) is 11.1 Å². The van der Waals surface area contributed by atoms with Crippen molar-refractivity contribution in [1.29, 1.82) is 5.26 Å². The molecule has 40 heavy (non-hydrogen) atoms. The smallest absolute Gasteiger partial charge is 0.322 e. The lowest BCUT2D eigenvalue weighted by atomic mass is 9.69. The minimum atomic E-state index is -0.172. The second-order valence-corrected chi connectivity index (χ2v) is 10.8. The Bertz CT molecular complexity index is 1380. The van der Waals surface area contributed by atoms with E-state index in [9.17, 15) is 10.1 Å². The lowest BCUT2D eigenvalue weighted by Crippen LogP contribution is -2.53. The van der Waals surface area contributed by atoms with Gasteiger partial charge in [-0.1, -0.05) is 72.8 Å². The molecule has 0 spiro atoms. The Hall–Kier alpha value is -4.15. The van der Waals surface area contributed by atoms with Crippen molar-refractivity contribution in [3.63, 3.8) is 0 Å². The quantitative estimate of drug-likeness (QED) is 0.213. The molecule has 206 valence electrons. The number of benzene rings is 3. The Morgan fingerprint density at radius 1 is 1.02 bits per heavy atom. The number of para-hydroxylation sites is 1. The summed E-state index contributed by atoms with van der Waals surface area (Å²) in [6.45, 7) is 4.35. The van der Waals surface area contributed by atoms with Crippen LogP contribution in [0.2, 0.25) is 0 Å².